The summed E-state index contributed by atoms with van der Waals surface area (Å²) < 4.78 is 6.51. The largest absolute Gasteiger partial charge is 0.507 e. The standard InChI is InChI=1S/C38H31BN4O2/c1-38(2,3)25-22-26(24-27(23-25)45-36-20-10-16-32(41-36)30-14-6-9-19-35(30)44)42-37-34(18-11-21-40-37)43-33-17-8-5-13-29(33)28-12-4-7-15-31(28)39(42)43/h4-24,44H,1-3H3. The average molecular weight is 587 g/mol. The lowest BCUT2D eigenvalue weighted by Gasteiger charge is -2.36. The summed E-state index contributed by atoms with van der Waals surface area (Å²) in [7, 11) is 0. The van der Waals surface area contributed by atoms with Crippen molar-refractivity contribution in [2.24, 2.45) is 0 Å². The Morgan fingerprint density at radius 2 is 1.42 bits per heavy atom. The number of pyridine rings is 2. The number of anilines is 4. The fourth-order valence-corrected chi connectivity index (χ4v) is 6.45. The van der Waals surface area contributed by atoms with Gasteiger partial charge in [0.25, 0.3) is 0 Å². The minimum atomic E-state index is -0.150. The molecule has 0 unspecified atom stereocenters. The molecule has 0 spiro atoms. The average Bonchev–Trinajstić information content (AvgIpc) is 3.40. The summed E-state index contributed by atoms with van der Waals surface area (Å²) in [6, 6.07) is 40.7. The topological polar surface area (TPSA) is 61.7 Å². The van der Waals surface area contributed by atoms with Gasteiger partial charge < -0.3 is 19.5 Å². The summed E-state index contributed by atoms with van der Waals surface area (Å²) in [5.74, 6) is 2.20. The number of hydrogen-bond acceptors (Lipinski definition) is 6. The maximum atomic E-state index is 10.4. The molecule has 2 aliphatic rings. The Morgan fingerprint density at radius 3 is 2.24 bits per heavy atom. The first-order valence-corrected chi connectivity index (χ1v) is 15.2. The number of hydrogen-bond donors (Lipinski definition) is 1. The number of phenolic OH excluding ortho intramolecular Hbond substituents is 1. The predicted molar refractivity (Wildman–Crippen MR) is 182 cm³/mol. The lowest BCUT2D eigenvalue weighted by molar-refractivity contribution is 0.460. The number of phenols is 1. The third kappa shape index (κ3) is 4.51. The van der Waals surface area contributed by atoms with Crippen LogP contribution in [0.4, 0.5) is 22.9 Å². The third-order valence-corrected chi connectivity index (χ3v) is 8.60. The highest BCUT2D eigenvalue weighted by Crippen LogP contribution is 2.50. The Balaban J connectivity index is 1.28. The second-order valence-electron chi connectivity index (χ2n) is 12.5. The molecule has 1 N–H and O–H groups in total. The van der Waals surface area contributed by atoms with Crippen molar-refractivity contribution in [3.8, 4) is 39.8 Å². The van der Waals surface area contributed by atoms with Crippen LogP contribution >= 0.6 is 0 Å². The zero-order valence-electron chi connectivity index (χ0n) is 25.3. The molecule has 0 saturated heterocycles. The van der Waals surface area contributed by atoms with Crippen molar-refractivity contribution in [2.75, 3.05) is 9.62 Å². The minimum Gasteiger partial charge on any atom is -0.507 e. The number of ether oxygens (including phenoxy) is 1. The van der Waals surface area contributed by atoms with Crippen LogP contribution in [0.15, 0.2) is 128 Å². The van der Waals surface area contributed by atoms with Crippen LogP contribution in [0.25, 0.3) is 22.4 Å². The molecule has 45 heavy (non-hydrogen) atoms. The first-order chi connectivity index (χ1) is 21.9. The molecule has 8 rings (SSSR count). The number of benzene rings is 4. The molecule has 0 aliphatic carbocycles. The van der Waals surface area contributed by atoms with Gasteiger partial charge in [0, 0.05) is 40.8 Å². The third-order valence-electron chi connectivity index (χ3n) is 8.60. The smallest absolute Gasteiger partial charge is 0.422 e. The van der Waals surface area contributed by atoms with Gasteiger partial charge in [0.15, 0.2) is 0 Å². The number of aromatic nitrogens is 2. The maximum Gasteiger partial charge on any atom is 0.422 e. The molecule has 2 aliphatic heterocycles. The van der Waals surface area contributed by atoms with Gasteiger partial charge in [-0.25, -0.2) is 9.97 Å². The van der Waals surface area contributed by atoms with Gasteiger partial charge in [-0.05, 0) is 70.5 Å². The van der Waals surface area contributed by atoms with Gasteiger partial charge in [0.2, 0.25) is 5.88 Å². The van der Waals surface area contributed by atoms with Crippen molar-refractivity contribution in [3.05, 3.63) is 133 Å². The van der Waals surface area contributed by atoms with Gasteiger partial charge in [-0.15, -0.1) is 0 Å². The molecule has 0 bridgehead atoms. The van der Waals surface area contributed by atoms with E-state index < -0.39 is 0 Å². The second-order valence-corrected chi connectivity index (χ2v) is 12.5. The number of aromatic hydroxyl groups is 1. The Bertz CT molecular complexity index is 2090. The molecule has 0 saturated carbocycles. The van der Waals surface area contributed by atoms with Crippen LogP contribution in [0.5, 0.6) is 17.4 Å². The molecule has 218 valence electrons. The molecule has 6 nitrogen and oxygen atoms in total. The SMILES string of the molecule is CC(C)(C)c1cc(Oc2cccc(-c3ccccc3O)n2)cc(N2B3c4ccccc4-c4ccccc4N3c3cccnc32)c1. The highest BCUT2D eigenvalue weighted by molar-refractivity contribution is 6.86. The van der Waals surface area contributed by atoms with Gasteiger partial charge in [0.1, 0.15) is 17.3 Å². The van der Waals surface area contributed by atoms with Gasteiger partial charge in [-0.1, -0.05) is 81.4 Å². The van der Waals surface area contributed by atoms with Gasteiger partial charge in [-0.2, -0.15) is 0 Å². The Kier molecular flexibility index (Phi) is 6.17. The second kappa shape index (κ2) is 10.3. The van der Waals surface area contributed by atoms with Gasteiger partial charge in [-0.3, -0.25) is 0 Å². The van der Waals surface area contributed by atoms with Crippen LogP contribution in [0.3, 0.4) is 0 Å². The Labute approximate surface area is 263 Å². The highest BCUT2D eigenvalue weighted by Gasteiger charge is 2.48. The van der Waals surface area contributed by atoms with Crippen molar-refractivity contribution in [1.82, 2.24) is 9.97 Å². The molecule has 4 heterocycles. The molecular weight excluding hydrogens is 555 g/mol. The Morgan fingerprint density at radius 1 is 0.689 bits per heavy atom. The predicted octanol–water partition coefficient (Wildman–Crippen LogP) is 8.60. The van der Waals surface area contributed by atoms with Gasteiger partial charge in [0.05, 0.1) is 11.4 Å². The van der Waals surface area contributed by atoms with E-state index in [4.69, 9.17) is 14.7 Å². The lowest BCUT2D eigenvalue weighted by atomic mass is 9.59. The van der Waals surface area contributed by atoms with E-state index in [2.05, 4.69) is 103 Å². The minimum absolute atomic E-state index is 0.133. The Hall–Kier alpha value is -5.56. The molecule has 6 aromatic rings. The van der Waals surface area contributed by atoms with Crippen LogP contribution in [-0.4, -0.2) is 22.1 Å². The van der Waals surface area contributed by atoms with E-state index >= 15 is 0 Å². The summed E-state index contributed by atoms with van der Waals surface area (Å²) >= 11 is 0. The van der Waals surface area contributed by atoms with E-state index in [-0.39, 0.29) is 18.1 Å². The monoisotopic (exact) mass is 586 g/mol. The molecule has 4 aromatic carbocycles. The normalized spacial score (nSPS) is 13.2. The number of rotatable bonds is 4. The number of para-hydroxylation sites is 2. The summed E-state index contributed by atoms with van der Waals surface area (Å²) in [6.07, 6.45) is 1.86. The zero-order chi connectivity index (χ0) is 30.7. The molecule has 7 heteroatoms. The van der Waals surface area contributed by atoms with Crippen molar-refractivity contribution in [2.45, 2.75) is 26.2 Å². The van der Waals surface area contributed by atoms with Crippen LogP contribution in [0, 0.1) is 0 Å². The van der Waals surface area contributed by atoms with E-state index in [9.17, 15) is 5.11 Å². The van der Waals surface area contributed by atoms with Gasteiger partial charge >= 0.3 is 6.98 Å². The molecule has 0 radical (unpaired) electrons. The zero-order valence-corrected chi connectivity index (χ0v) is 25.3. The number of nitrogens with zero attached hydrogens (tertiary/aromatic N) is 4. The van der Waals surface area contributed by atoms with E-state index in [1.807, 2.05) is 42.6 Å². The molecule has 2 aromatic heterocycles. The van der Waals surface area contributed by atoms with Crippen LogP contribution < -0.4 is 19.8 Å². The molecule has 0 amide bonds. The van der Waals surface area contributed by atoms with Crippen molar-refractivity contribution in [3.63, 3.8) is 0 Å². The lowest BCUT2D eigenvalue weighted by Crippen LogP contribution is -2.55. The van der Waals surface area contributed by atoms with Crippen LogP contribution in [0.1, 0.15) is 26.3 Å². The van der Waals surface area contributed by atoms with Crippen molar-refractivity contribution < 1.29 is 9.84 Å². The number of fused-ring (bicyclic) bond motifs is 8. The molecule has 0 atom stereocenters. The molecular formula is C38H31BN4O2. The highest BCUT2D eigenvalue weighted by atomic mass is 16.5. The maximum absolute atomic E-state index is 10.4. The van der Waals surface area contributed by atoms with Crippen molar-refractivity contribution >= 4 is 35.3 Å². The quantitative estimate of drug-likeness (QED) is 0.209. The van der Waals surface area contributed by atoms with Crippen LogP contribution in [-0.2, 0) is 5.41 Å². The summed E-state index contributed by atoms with van der Waals surface area (Å²) in [6.45, 7) is 6.50. The fourth-order valence-electron chi connectivity index (χ4n) is 6.45. The summed E-state index contributed by atoms with van der Waals surface area (Å²) in [5.41, 5.74) is 9.13. The first-order valence-electron chi connectivity index (χ1n) is 15.2. The van der Waals surface area contributed by atoms with Crippen molar-refractivity contribution in [1.29, 1.82) is 0 Å². The van der Waals surface area contributed by atoms with E-state index in [1.54, 1.807) is 12.1 Å². The van der Waals surface area contributed by atoms with E-state index in [0.29, 0.717) is 22.9 Å². The van der Waals surface area contributed by atoms with E-state index in [0.717, 1.165) is 28.4 Å². The molecule has 0 fully saturated rings. The summed E-state index contributed by atoms with van der Waals surface area (Å²) in [5, 5.41) is 10.4. The fraction of sp³-hybridized carbons (Fsp3) is 0.105. The van der Waals surface area contributed by atoms with E-state index in [1.165, 1.54) is 16.6 Å². The first kappa shape index (κ1) is 27.0. The summed E-state index contributed by atoms with van der Waals surface area (Å²) in [4.78, 5) is 14.4. The van der Waals surface area contributed by atoms with Crippen LogP contribution in [0.2, 0.25) is 0 Å².